The van der Waals surface area contributed by atoms with Gasteiger partial charge in [0.2, 0.25) is 0 Å². The van der Waals surface area contributed by atoms with Crippen molar-refractivity contribution in [3.8, 4) is 11.1 Å². The molecule has 0 aliphatic carbocycles. The minimum atomic E-state index is -3.98. The molecule has 5 aromatic rings. The molecule has 0 atom stereocenters. The van der Waals surface area contributed by atoms with Crippen LogP contribution in [0.3, 0.4) is 0 Å². The van der Waals surface area contributed by atoms with Gasteiger partial charge in [-0.1, -0.05) is 97.1 Å². The zero-order valence-corrected chi connectivity index (χ0v) is 19.7. The van der Waals surface area contributed by atoms with Crippen LogP contribution in [-0.2, 0) is 16.4 Å². The Balaban J connectivity index is 1.26. The second-order valence-electron chi connectivity index (χ2n) is 8.38. The number of nitrogens with one attached hydrogen (secondary N) is 1. The Bertz CT molecular complexity index is 1590. The molecule has 0 aliphatic rings. The van der Waals surface area contributed by atoms with Crippen LogP contribution in [0.5, 0.6) is 0 Å². The fourth-order valence-electron chi connectivity index (χ4n) is 4.03. The Morgan fingerprint density at radius 3 is 1.86 bits per heavy atom. The highest BCUT2D eigenvalue weighted by molar-refractivity contribution is 7.90. The average Bonchev–Trinajstić information content (AvgIpc) is 2.89. The molecule has 35 heavy (non-hydrogen) atoms. The van der Waals surface area contributed by atoms with Gasteiger partial charge in [-0.05, 0) is 63.7 Å². The molecule has 0 bridgehead atoms. The lowest BCUT2D eigenvalue weighted by molar-refractivity contribution is 0.0981. The molecule has 1 N–H and O–H groups in total. The van der Waals surface area contributed by atoms with Gasteiger partial charge >= 0.3 is 0 Å². The van der Waals surface area contributed by atoms with Crippen molar-refractivity contribution in [2.45, 2.75) is 11.3 Å². The van der Waals surface area contributed by atoms with E-state index in [4.69, 9.17) is 0 Å². The number of benzene rings is 5. The van der Waals surface area contributed by atoms with Gasteiger partial charge in [-0.3, -0.25) is 4.79 Å². The smallest absolute Gasteiger partial charge is 0.264 e. The Morgan fingerprint density at radius 2 is 1.17 bits per heavy atom. The fourth-order valence-corrected chi connectivity index (χ4v) is 5.04. The SMILES string of the molecule is O=C(NS(=O)(=O)c1ccc2ccccc2c1)c1ccc(Cc2ccc(-c3ccccc3)cc2)cc1. The van der Waals surface area contributed by atoms with Gasteiger partial charge in [0, 0.05) is 5.56 Å². The van der Waals surface area contributed by atoms with Crippen molar-refractivity contribution in [2.24, 2.45) is 0 Å². The van der Waals surface area contributed by atoms with Crippen molar-refractivity contribution in [3.05, 3.63) is 138 Å². The molecule has 0 aliphatic heterocycles. The van der Waals surface area contributed by atoms with Gasteiger partial charge in [0.05, 0.1) is 4.90 Å². The molecule has 0 radical (unpaired) electrons. The normalized spacial score (nSPS) is 11.3. The molecule has 4 nitrogen and oxygen atoms in total. The van der Waals surface area contributed by atoms with Gasteiger partial charge < -0.3 is 0 Å². The van der Waals surface area contributed by atoms with E-state index in [9.17, 15) is 13.2 Å². The third kappa shape index (κ3) is 5.15. The van der Waals surface area contributed by atoms with Crippen LogP contribution in [0, 0.1) is 0 Å². The average molecular weight is 478 g/mol. The summed E-state index contributed by atoms with van der Waals surface area (Å²) in [5, 5.41) is 1.73. The molecule has 0 saturated heterocycles. The monoisotopic (exact) mass is 477 g/mol. The van der Waals surface area contributed by atoms with Crippen molar-refractivity contribution in [1.29, 1.82) is 0 Å². The van der Waals surface area contributed by atoms with Crippen LogP contribution in [-0.4, -0.2) is 14.3 Å². The number of carbonyl (C=O) groups excluding carboxylic acids is 1. The third-order valence-corrected chi connectivity index (χ3v) is 7.27. The van der Waals surface area contributed by atoms with E-state index in [1.54, 1.807) is 24.3 Å². The molecule has 5 rings (SSSR count). The number of sulfonamides is 1. The minimum absolute atomic E-state index is 0.0557. The van der Waals surface area contributed by atoms with Gasteiger partial charge in [0.1, 0.15) is 0 Å². The van der Waals surface area contributed by atoms with Gasteiger partial charge in [-0.2, -0.15) is 0 Å². The molecule has 5 heteroatoms. The molecule has 0 heterocycles. The Morgan fingerprint density at radius 1 is 0.600 bits per heavy atom. The summed E-state index contributed by atoms with van der Waals surface area (Å²) < 4.78 is 27.7. The van der Waals surface area contributed by atoms with E-state index in [0.717, 1.165) is 27.5 Å². The molecule has 5 aromatic carbocycles. The lowest BCUT2D eigenvalue weighted by atomic mass is 10.00. The van der Waals surface area contributed by atoms with Crippen LogP contribution in [0.15, 0.2) is 126 Å². The summed E-state index contributed by atoms with van der Waals surface area (Å²) in [4.78, 5) is 12.7. The number of fused-ring (bicyclic) bond motifs is 1. The highest BCUT2D eigenvalue weighted by Gasteiger charge is 2.19. The van der Waals surface area contributed by atoms with Crippen LogP contribution >= 0.6 is 0 Å². The number of carbonyl (C=O) groups is 1. The zero-order valence-electron chi connectivity index (χ0n) is 18.9. The molecule has 0 spiro atoms. The second-order valence-corrected chi connectivity index (χ2v) is 10.1. The number of hydrogen-bond donors (Lipinski definition) is 1. The maximum atomic E-state index is 12.8. The summed E-state index contributed by atoms with van der Waals surface area (Å²) in [7, 11) is -3.98. The largest absolute Gasteiger partial charge is 0.268 e. The molecule has 0 fully saturated rings. The maximum Gasteiger partial charge on any atom is 0.264 e. The van der Waals surface area contributed by atoms with E-state index >= 15 is 0 Å². The topological polar surface area (TPSA) is 63.2 Å². The van der Waals surface area contributed by atoms with Crippen LogP contribution in [0.2, 0.25) is 0 Å². The summed E-state index contributed by atoms with van der Waals surface area (Å²) in [6, 6.07) is 37.9. The fraction of sp³-hybridized carbons (Fsp3) is 0.0333. The van der Waals surface area contributed by atoms with Gasteiger partial charge in [-0.25, -0.2) is 13.1 Å². The predicted octanol–water partition coefficient (Wildman–Crippen LogP) is 6.22. The molecule has 0 unspecified atom stereocenters. The molecule has 0 aromatic heterocycles. The lowest BCUT2D eigenvalue weighted by Gasteiger charge is -2.09. The molecule has 1 amide bonds. The number of amides is 1. The minimum Gasteiger partial charge on any atom is -0.268 e. The standard InChI is InChI=1S/C30H23NO3S/c32-30(31-35(33,34)29-19-18-25-8-4-5-9-28(25)21-29)27-16-12-23(13-17-27)20-22-10-14-26(15-11-22)24-6-2-1-3-7-24/h1-19,21H,20H2,(H,31,32). The highest BCUT2D eigenvalue weighted by atomic mass is 32.2. The summed E-state index contributed by atoms with van der Waals surface area (Å²) in [5.41, 5.74) is 4.81. The first kappa shape index (κ1) is 22.6. The van der Waals surface area contributed by atoms with Crippen molar-refractivity contribution in [2.75, 3.05) is 0 Å². The Labute approximate surface area is 204 Å². The molecular weight excluding hydrogens is 454 g/mol. The second kappa shape index (κ2) is 9.57. The predicted molar refractivity (Wildman–Crippen MR) is 140 cm³/mol. The quantitative estimate of drug-likeness (QED) is 0.316. The first-order valence-electron chi connectivity index (χ1n) is 11.3. The van der Waals surface area contributed by atoms with E-state index in [0.29, 0.717) is 6.42 Å². The van der Waals surface area contributed by atoms with Crippen molar-refractivity contribution in [3.63, 3.8) is 0 Å². The van der Waals surface area contributed by atoms with Crippen LogP contribution < -0.4 is 4.72 Å². The van der Waals surface area contributed by atoms with E-state index < -0.39 is 15.9 Å². The van der Waals surface area contributed by atoms with E-state index in [1.807, 2.05) is 54.6 Å². The first-order valence-corrected chi connectivity index (χ1v) is 12.8. The summed E-state index contributed by atoms with van der Waals surface area (Å²) in [5.74, 6) is -0.656. The van der Waals surface area contributed by atoms with Crippen molar-refractivity contribution < 1.29 is 13.2 Å². The summed E-state index contributed by atoms with van der Waals surface area (Å²) >= 11 is 0. The van der Waals surface area contributed by atoms with Crippen LogP contribution in [0.4, 0.5) is 0 Å². The van der Waals surface area contributed by atoms with Gasteiger partial charge in [-0.15, -0.1) is 0 Å². The zero-order chi connectivity index (χ0) is 24.3. The number of hydrogen-bond acceptors (Lipinski definition) is 3. The third-order valence-electron chi connectivity index (χ3n) is 5.94. The molecule has 172 valence electrons. The number of rotatable bonds is 6. The Kier molecular flexibility index (Phi) is 6.17. The van der Waals surface area contributed by atoms with E-state index in [2.05, 4.69) is 41.1 Å². The summed E-state index contributed by atoms with van der Waals surface area (Å²) in [6.07, 6.45) is 0.715. The van der Waals surface area contributed by atoms with Crippen molar-refractivity contribution in [1.82, 2.24) is 4.72 Å². The summed E-state index contributed by atoms with van der Waals surface area (Å²) in [6.45, 7) is 0. The molecular formula is C30H23NO3S. The maximum absolute atomic E-state index is 12.8. The Hall–Kier alpha value is -4.22. The first-order chi connectivity index (χ1) is 17.0. The van der Waals surface area contributed by atoms with E-state index in [-0.39, 0.29) is 10.5 Å². The highest BCUT2D eigenvalue weighted by Crippen LogP contribution is 2.21. The van der Waals surface area contributed by atoms with Gasteiger partial charge in [0.15, 0.2) is 0 Å². The van der Waals surface area contributed by atoms with Crippen LogP contribution in [0.25, 0.3) is 21.9 Å². The van der Waals surface area contributed by atoms with Crippen molar-refractivity contribution >= 4 is 26.7 Å². The lowest BCUT2D eigenvalue weighted by Crippen LogP contribution is -2.30. The van der Waals surface area contributed by atoms with Crippen LogP contribution in [0.1, 0.15) is 21.5 Å². The van der Waals surface area contributed by atoms with E-state index in [1.165, 1.54) is 11.6 Å². The molecule has 0 saturated carbocycles. The van der Waals surface area contributed by atoms with Gasteiger partial charge in [0.25, 0.3) is 15.9 Å².